The number of hydrogen-bond donors (Lipinski definition) is 3. The fourth-order valence-corrected chi connectivity index (χ4v) is 1.80. The van der Waals surface area contributed by atoms with E-state index in [0.717, 1.165) is 0 Å². The summed E-state index contributed by atoms with van der Waals surface area (Å²) in [5.41, 5.74) is 3.51. The van der Waals surface area contributed by atoms with Gasteiger partial charge in [0.05, 0.1) is 0 Å². The summed E-state index contributed by atoms with van der Waals surface area (Å²) in [5, 5.41) is 3.11. The van der Waals surface area contributed by atoms with Crippen LogP contribution in [0.4, 0.5) is 21.7 Å². The van der Waals surface area contributed by atoms with E-state index >= 15 is 0 Å². The summed E-state index contributed by atoms with van der Waals surface area (Å²) in [6.45, 7) is 7.76. The van der Waals surface area contributed by atoms with E-state index in [4.69, 9.17) is 5.84 Å². The average Bonchev–Trinajstić information content (AvgIpc) is 2.42. The second-order valence-corrected chi connectivity index (χ2v) is 5.89. The molecule has 1 heterocycles. The van der Waals surface area contributed by atoms with Crippen LogP contribution in [0.5, 0.6) is 0 Å². The van der Waals surface area contributed by atoms with Gasteiger partial charge in [0.15, 0.2) is 0 Å². The third kappa shape index (κ3) is 3.46. The number of nitrogens with two attached hydrogens (primary N) is 1. The van der Waals surface area contributed by atoms with Gasteiger partial charge in [0.25, 0.3) is 0 Å². The molecular weight excluding hydrogens is 269 g/mol. The van der Waals surface area contributed by atoms with Crippen LogP contribution in [0.15, 0.2) is 24.3 Å². The number of nitrogens with zero attached hydrogens (tertiary/aromatic N) is 2. The van der Waals surface area contributed by atoms with E-state index in [1.165, 1.54) is 6.07 Å². The lowest BCUT2D eigenvalue weighted by Gasteiger charge is -2.19. The molecule has 4 N–H and O–H groups in total. The number of hydrogen-bond acceptors (Lipinski definition) is 5. The average molecular weight is 289 g/mol. The van der Waals surface area contributed by atoms with Gasteiger partial charge in [0.2, 0.25) is 0 Å². The molecule has 0 fully saturated rings. The quantitative estimate of drug-likeness (QED) is 0.597. The molecular formula is C15H20FN5. The molecule has 0 aliphatic carbocycles. The minimum atomic E-state index is -0.262. The second-order valence-electron chi connectivity index (χ2n) is 5.89. The van der Waals surface area contributed by atoms with Crippen molar-refractivity contribution >= 4 is 17.3 Å². The smallest absolute Gasteiger partial charge is 0.145 e. The maximum Gasteiger partial charge on any atom is 0.145 e. The summed E-state index contributed by atoms with van der Waals surface area (Å²) in [6, 6.07) is 6.55. The van der Waals surface area contributed by atoms with E-state index in [1.807, 2.05) is 20.8 Å². The Balaban J connectivity index is 2.42. The van der Waals surface area contributed by atoms with E-state index in [9.17, 15) is 4.39 Å². The van der Waals surface area contributed by atoms with Gasteiger partial charge in [-0.25, -0.2) is 20.2 Å². The van der Waals surface area contributed by atoms with Crippen LogP contribution in [-0.2, 0) is 5.41 Å². The van der Waals surface area contributed by atoms with Crippen molar-refractivity contribution in [3.63, 3.8) is 0 Å². The van der Waals surface area contributed by atoms with Gasteiger partial charge in [-0.2, -0.15) is 0 Å². The first kappa shape index (κ1) is 15.2. The van der Waals surface area contributed by atoms with E-state index in [1.54, 1.807) is 25.1 Å². The Morgan fingerprint density at radius 3 is 2.43 bits per heavy atom. The first-order valence-electron chi connectivity index (χ1n) is 6.69. The van der Waals surface area contributed by atoms with Crippen LogP contribution < -0.4 is 16.6 Å². The number of aromatic nitrogens is 2. The van der Waals surface area contributed by atoms with E-state index in [-0.39, 0.29) is 11.2 Å². The van der Waals surface area contributed by atoms with E-state index < -0.39 is 0 Å². The van der Waals surface area contributed by atoms with Crippen molar-refractivity contribution in [3.8, 4) is 0 Å². The van der Waals surface area contributed by atoms with Gasteiger partial charge in [-0.15, -0.1) is 0 Å². The van der Waals surface area contributed by atoms with Crippen molar-refractivity contribution in [1.29, 1.82) is 0 Å². The summed E-state index contributed by atoms with van der Waals surface area (Å²) in [5.74, 6) is 6.91. The first-order valence-corrected chi connectivity index (χ1v) is 6.69. The zero-order valence-corrected chi connectivity index (χ0v) is 12.7. The Labute approximate surface area is 123 Å². The molecule has 0 radical (unpaired) electrons. The van der Waals surface area contributed by atoms with E-state index in [2.05, 4.69) is 20.7 Å². The van der Waals surface area contributed by atoms with Gasteiger partial charge >= 0.3 is 0 Å². The van der Waals surface area contributed by atoms with Crippen LogP contribution in [0.2, 0.25) is 0 Å². The SMILES string of the molecule is Cc1c(F)cccc1Nc1cc(NN)nc(C(C)(C)C)n1. The van der Waals surface area contributed by atoms with Crippen LogP contribution in [-0.4, -0.2) is 9.97 Å². The number of hydrazine groups is 1. The van der Waals surface area contributed by atoms with Crippen molar-refractivity contribution in [2.24, 2.45) is 5.84 Å². The lowest BCUT2D eigenvalue weighted by molar-refractivity contribution is 0.547. The molecule has 5 nitrogen and oxygen atoms in total. The molecule has 21 heavy (non-hydrogen) atoms. The number of nitrogens with one attached hydrogen (secondary N) is 2. The normalized spacial score (nSPS) is 11.3. The van der Waals surface area contributed by atoms with Gasteiger partial charge in [-0.3, -0.25) is 0 Å². The van der Waals surface area contributed by atoms with Crippen LogP contribution in [0, 0.1) is 12.7 Å². The molecule has 6 heteroatoms. The number of benzene rings is 1. The third-order valence-electron chi connectivity index (χ3n) is 3.08. The third-order valence-corrected chi connectivity index (χ3v) is 3.08. The predicted octanol–water partition coefficient (Wildman–Crippen LogP) is 3.25. The molecule has 1 aromatic carbocycles. The predicted molar refractivity (Wildman–Crippen MR) is 83.0 cm³/mol. The highest BCUT2D eigenvalue weighted by molar-refractivity contribution is 5.62. The molecule has 112 valence electrons. The van der Waals surface area contributed by atoms with Crippen LogP contribution in [0.25, 0.3) is 0 Å². The molecule has 0 spiro atoms. The summed E-state index contributed by atoms with van der Waals surface area (Å²) in [6.07, 6.45) is 0. The Hall–Kier alpha value is -2.21. The lowest BCUT2D eigenvalue weighted by Crippen LogP contribution is -2.19. The van der Waals surface area contributed by atoms with Crippen molar-refractivity contribution in [3.05, 3.63) is 41.5 Å². The summed E-state index contributed by atoms with van der Waals surface area (Å²) >= 11 is 0. The maximum atomic E-state index is 13.6. The Kier molecular flexibility index (Phi) is 4.09. The number of nitrogen functional groups attached to an aromatic ring is 1. The molecule has 0 unspecified atom stereocenters. The van der Waals surface area contributed by atoms with Crippen LogP contribution >= 0.6 is 0 Å². The Bertz CT molecular complexity index is 649. The highest BCUT2D eigenvalue weighted by Crippen LogP contribution is 2.25. The monoisotopic (exact) mass is 289 g/mol. The van der Waals surface area contributed by atoms with Gasteiger partial charge in [0.1, 0.15) is 23.3 Å². The largest absolute Gasteiger partial charge is 0.340 e. The Morgan fingerprint density at radius 2 is 1.81 bits per heavy atom. The highest BCUT2D eigenvalue weighted by Gasteiger charge is 2.19. The molecule has 0 aliphatic rings. The van der Waals surface area contributed by atoms with Gasteiger partial charge in [-0.05, 0) is 19.1 Å². The zero-order chi connectivity index (χ0) is 15.6. The molecule has 0 saturated carbocycles. The molecule has 1 aromatic heterocycles. The van der Waals surface area contributed by atoms with Gasteiger partial charge in [0, 0.05) is 22.7 Å². The molecule has 2 rings (SSSR count). The lowest BCUT2D eigenvalue weighted by atomic mass is 9.96. The number of rotatable bonds is 3. The molecule has 0 atom stereocenters. The van der Waals surface area contributed by atoms with Crippen LogP contribution in [0.1, 0.15) is 32.2 Å². The molecule has 0 aliphatic heterocycles. The summed E-state index contributed by atoms with van der Waals surface area (Å²) < 4.78 is 13.6. The number of halogens is 1. The van der Waals surface area contributed by atoms with E-state index in [0.29, 0.717) is 28.7 Å². The molecule has 2 aromatic rings. The minimum Gasteiger partial charge on any atom is -0.340 e. The van der Waals surface area contributed by atoms with Crippen molar-refractivity contribution in [1.82, 2.24) is 9.97 Å². The minimum absolute atomic E-state index is 0.222. The first-order chi connectivity index (χ1) is 9.81. The summed E-state index contributed by atoms with van der Waals surface area (Å²) in [7, 11) is 0. The molecule has 0 amide bonds. The highest BCUT2D eigenvalue weighted by atomic mass is 19.1. The maximum absolute atomic E-state index is 13.6. The van der Waals surface area contributed by atoms with Gasteiger partial charge < -0.3 is 10.7 Å². The topological polar surface area (TPSA) is 75.9 Å². The van der Waals surface area contributed by atoms with Gasteiger partial charge in [-0.1, -0.05) is 26.8 Å². The summed E-state index contributed by atoms with van der Waals surface area (Å²) in [4.78, 5) is 8.82. The fraction of sp³-hybridized carbons (Fsp3) is 0.333. The Morgan fingerprint density at radius 1 is 1.14 bits per heavy atom. The molecule has 0 saturated heterocycles. The second kappa shape index (κ2) is 5.65. The number of anilines is 3. The standard InChI is InChI=1S/C15H20FN5/c1-9-10(16)6-5-7-11(9)18-12-8-13(21-17)20-14(19-12)15(2,3)4/h5-8H,17H2,1-4H3,(H2,18,19,20,21). The van der Waals surface area contributed by atoms with Crippen LogP contribution in [0.3, 0.4) is 0 Å². The van der Waals surface area contributed by atoms with Crippen molar-refractivity contribution in [2.75, 3.05) is 10.7 Å². The zero-order valence-electron chi connectivity index (χ0n) is 12.7. The fourth-order valence-electron chi connectivity index (χ4n) is 1.80. The molecule has 0 bridgehead atoms. The van der Waals surface area contributed by atoms with Crippen molar-refractivity contribution < 1.29 is 4.39 Å². The van der Waals surface area contributed by atoms with Crippen molar-refractivity contribution in [2.45, 2.75) is 33.1 Å².